The van der Waals surface area contributed by atoms with Crippen molar-refractivity contribution in [1.82, 2.24) is 10.3 Å². The summed E-state index contributed by atoms with van der Waals surface area (Å²) >= 11 is 5.08. The second-order valence-electron chi connectivity index (χ2n) is 7.04. The van der Waals surface area contributed by atoms with E-state index in [1.807, 2.05) is 60.7 Å². The minimum atomic E-state index is -0.186. The Kier molecular flexibility index (Phi) is 6.89. The number of amides is 3. The molecular weight excluding hydrogens is 476 g/mol. The third-order valence-electron chi connectivity index (χ3n) is 4.79. The van der Waals surface area contributed by atoms with Crippen LogP contribution in [0.3, 0.4) is 0 Å². The molecule has 1 aromatic heterocycles. The molecule has 0 fully saturated rings. The molecule has 2 heterocycles. The molecule has 3 aromatic rings. The first-order chi connectivity index (χ1) is 15.1. The summed E-state index contributed by atoms with van der Waals surface area (Å²) in [4.78, 5) is 31.0. The molecule has 0 aliphatic carbocycles. The van der Waals surface area contributed by atoms with Gasteiger partial charge in [-0.3, -0.25) is 9.69 Å². The SMILES string of the molecule is O=C(Cc1ccc(NC(=O)N2CCSc3ncccc32)cc1)NCc1cccc(Br)c1. The van der Waals surface area contributed by atoms with E-state index in [0.717, 1.165) is 32.1 Å². The number of aromatic nitrogens is 1. The number of halogens is 1. The number of rotatable bonds is 5. The predicted octanol–water partition coefficient (Wildman–Crippen LogP) is 4.85. The molecule has 2 aromatic carbocycles. The first-order valence-corrected chi connectivity index (χ1v) is 11.6. The standard InChI is InChI=1S/C23H21BrN4O2S/c24-18-4-1-3-17(13-18)15-26-21(29)14-16-6-8-19(9-7-16)27-23(30)28-11-12-31-22-20(28)5-2-10-25-22/h1-10,13H,11-12,14-15H2,(H,26,29)(H,27,30). The van der Waals surface area contributed by atoms with Gasteiger partial charge in [-0.15, -0.1) is 11.8 Å². The first kappa shape index (κ1) is 21.4. The molecule has 31 heavy (non-hydrogen) atoms. The predicted molar refractivity (Wildman–Crippen MR) is 127 cm³/mol. The largest absolute Gasteiger partial charge is 0.352 e. The third-order valence-corrected chi connectivity index (χ3v) is 6.26. The van der Waals surface area contributed by atoms with Gasteiger partial charge in [-0.2, -0.15) is 0 Å². The number of thioether (sulfide) groups is 1. The topological polar surface area (TPSA) is 74.3 Å². The molecule has 4 rings (SSSR count). The Morgan fingerprint density at radius 2 is 1.90 bits per heavy atom. The molecular formula is C23H21BrN4O2S. The van der Waals surface area contributed by atoms with Crippen LogP contribution >= 0.6 is 27.7 Å². The van der Waals surface area contributed by atoms with Crippen LogP contribution in [0.1, 0.15) is 11.1 Å². The highest BCUT2D eigenvalue weighted by atomic mass is 79.9. The van der Waals surface area contributed by atoms with E-state index in [1.165, 1.54) is 0 Å². The summed E-state index contributed by atoms with van der Waals surface area (Å²) in [5.74, 6) is 0.762. The van der Waals surface area contributed by atoms with Crippen LogP contribution in [0.5, 0.6) is 0 Å². The zero-order valence-electron chi connectivity index (χ0n) is 16.7. The van der Waals surface area contributed by atoms with Gasteiger partial charge in [-0.05, 0) is 47.5 Å². The molecule has 6 nitrogen and oxygen atoms in total. The molecule has 2 N–H and O–H groups in total. The van der Waals surface area contributed by atoms with E-state index in [2.05, 4.69) is 31.5 Å². The van der Waals surface area contributed by atoms with Gasteiger partial charge in [-0.25, -0.2) is 9.78 Å². The van der Waals surface area contributed by atoms with E-state index >= 15 is 0 Å². The fourth-order valence-electron chi connectivity index (χ4n) is 3.26. The number of pyridine rings is 1. The van der Waals surface area contributed by atoms with Crippen molar-refractivity contribution in [2.45, 2.75) is 18.0 Å². The third kappa shape index (κ3) is 5.65. The highest BCUT2D eigenvalue weighted by molar-refractivity contribution is 9.10. The fourth-order valence-corrected chi connectivity index (χ4v) is 4.63. The number of hydrogen-bond acceptors (Lipinski definition) is 4. The van der Waals surface area contributed by atoms with Crippen LogP contribution in [0.4, 0.5) is 16.2 Å². The smallest absolute Gasteiger partial charge is 0.326 e. The lowest BCUT2D eigenvalue weighted by Gasteiger charge is -2.28. The Balaban J connectivity index is 1.31. The Bertz CT molecular complexity index is 1090. The van der Waals surface area contributed by atoms with Crippen LogP contribution in [0, 0.1) is 0 Å². The quantitative estimate of drug-likeness (QED) is 0.529. The Labute approximate surface area is 193 Å². The summed E-state index contributed by atoms with van der Waals surface area (Å²) in [5.41, 5.74) is 3.43. The van der Waals surface area contributed by atoms with Crippen LogP contribution in [-0.4, -0.2) is 29.2 Å². The maximum atomic E-state index is 12.7. The number of carbonyl (C=O) groups excluding carboxylic acids is 2. The average Bonchev–Trinajstić information content (AvgIpc) is 2.78. The number of carbonyl (C=O) groups is 2. The summed E-state index contributed by atoms with van der Waals surface area (Å²) in [6, 6.07) is 18.7. The van der Waals surface area contributed by atoms with Gasteiger partial charge < -0.3 is 10.6 Å². The van der Waals surface area contributed by atoms with Gasteiger partial charge in [0.25, 0.3) is 0 Å². The number of fused-ring (bicyclic) bond motifs is 1. The number of benzene rings is 2. The van der Waals surface area contributed by atoms with Crippen molar-refractivity contribution in [2.24, 2.45) is 0 Å². The van der Waals surface area contributed by atoms with Crippen molar-refractivity contribution < 1.29 is 9.59 Å². The lowest BCUT2D eigenvalue weighted by molar-refractivity contribution is -0.120. The number of hydrogen-bond donors (Lipinski definition) is 2. The number of urea groups is 1. The van der Waals surface area contributed by atoms with E-state index in [9.17, 15) is 9.59 Å². The van der Waals surface area contributed by atoms with Crippen molar-refractivity contribution in [3.8, 4) is 0 Å². The first-order valence-electron chi connectivity index (χ1n) is 9.85. The van der Waals surface area contributed by atoms with Gasteiger partial charge in [0.05, 0.1) is 12.1 Å². The molecule has 3 amide bonds. The van der Waals surface area contributed by atoms with Gasteiger partial charge in [0.15, 0.2) is 0 Å². The van der Waals surface area contributed by atoms with E-state index in [0.29, 0.717) is 18.8 Å². The normalized spacial score (nSPS) is 12.7. The Morgan fingerprint density at radius 3 is 2.71 bits per heavy atom. The summed E-state index contributed by atoms with van der Waals surface area (Å²) in [6.45, 7) is 1.11. The van der Waals surface area contributed by atoms with Gasteiger partial charge in [0, 0.05) is 35.2 Å². The van der Waals surface area contributed by atoms with Gasteiger partial charge in [0.2, 0.25) is 5.91 Å². The number of nitrogens with zero attached hydrogens (tertiary/aromatic N) is 2. The van der Waals surface area contributed by atoms with Crippen molar-refractivity contribution in [3.05, 3.63) is 82.5 Å². The zero-order valence-corrected chi connectivity index (χ0v) is 19.1. The van der Waals surface area contributed by atoms with Crippen LogP contribution in [0.25, 0.3) is 0 Å². The molecule has 0 atom stereocenters. The van der Waals surface area contributed by atoms with E-state index in [1.54, 1.807) is 22.9 Å². The molecule has 158 valence electrons. The second-order valence-corrected chi connectivity index (χ2v) is 9.04. The molecule has 0 unspecified atom stereocenters. The number of anilines is 2. The Morgan fingerprint density at radius 1 is 1.06 bits per heavy atom. The maximum absolute atomic E-state index is 12.7. The van der Waals surface area contributed by atoms with Gasteiger partial charge in [0.1, 0.15) is 5.03 Å². The summed E-state index contributed by atoms with van der Waals surface area (Å²) in [5, 5.41) is 6.73. The lowest BCUT2D eigenvalue weighted by atomic mass is 10.1. The maximum Gasteiger partial charge on any atom is 0.326 e. The van der Waals surface area contributed by atoms with E-state index < -0.39 is 0 Å². The second kappa shape index (κ2) is 9.98. The highest BCUT2D eigenvalue weighted by Crippen LogP contribution is 2.32. The minimum absolute atomic E-state index is 0.0494. The van der Waals surface area contributed by atoms with Crippen molar-refractivity contribution in [1.29, 1.82) is 0 Å². The van der Waals surface area contributed by atoms with Crippen molar-refractivity contribution >= 4 is 51.0 Å². The van der Waals surface area contributed by atoms with E-state index in [-0.39, 0.29) is 18.4 Å². The van der Waals surface area contributed by atoms with Crippen LogP contribution in [0.15, 0.2) is 76.4 Å². The monoisotopic (exact) mass is 496 g/mol. The summed E-state index contributed by atoms with van der Waals surface area (Å²) < 4.78 is 0.986. The van der Waals surface area contributed by atoms with Gasteiger partial charge >= 0.3 is 6.03 Å². The molecule has 1 aliphatic heterocycles. The average molecular weight is 497 g/mol. The van der Waals surface area contributed by atoms with Crippen molar-refractivity contribution in [3.63, 3.8) is 0 Å². The van der Waals surface area contributed by atoms with Crippen LogP contribution < -0.4 is 15.5 Å². The van der Waals surface area contributed by atoms with Gasteiger partial charge in [-0.1, -0.05) is 40.2 Å². The fraction of sp³-hybridized carbons (Fsp3) is 0.174. The van der Waals surface area contributed by atoms with Crippen LogP contribution in [-0.2, 0) is 17.8 Å². The Hall–Kier alpha value is -2.84. The summed E-state index contributed by atoms with van der Waals surface area (Å²) in [7, 11) is 0. The molecule has 0 saturated heterocycles. The zero-order chi connectivity index (χ0) is 21.6. The molecule has 1 aliphatic rings. The molecule has 0 saturated carbocycles. The minimum Gasteiger partial charge on any atom is -0.352 e. The number of nitrogens with one attached hydrogen (secondary N) is 2. The van der Waals surface area contributed by atoms with Crippen molar-refractivity contribution in [2.75, 3.05) is 22.5 Å². The van der Waals surface area contributed by atoms with E-state index in [4.69, 9.17) is 0 Å². The molecule has 0 spiro atoms. The van der Waals surface area contributed by atoms with Crippen LogP contribution in [0.2, 0.25) is 0 Å². The molecule has 8 heteroatoms. The lowest BCUT2D eigenvalue weighted by Crippen LogP contribution is -2.38. The highest BCUT2D eigenvalue weighted by Gasteiger charge is 2.23. The summed E-state index contributed by atoms with van der Waals surface area (Å²) in [6.07, 6.45) is 2.02. The molecule has 0 bridgehead atoms. The molecule has 0 radical (unpaired) electrons.